The summed E-state index contributed by atoms with van der Waals surface area (Å²) in [5.74, 6) is 1.66. The Bertz CT molecular complexity index is 223. The number of ether oxygens (including phenoxy) is 1. The molecule has 1 aliphatic heterocycles. The number of rotatable bonds is 5. The van der Waals surface area contributed by atoms with Crippen molar-refractivity contribution in [1.29, 1.82) is 0 Å². The Labute approximate surface area is 113 Å². The van der Waals surface area contributed by atoms with Gasteiger partial charge in [-0.05, 0) is 38.1 Å². The first-order valence-corrected chi connectivity index (χ1v) is 8.21. The van der Waals surface area contributed by atoms with Crippen LogP contribution in [0.4, 0.5) is 0 Å². The molecule has 0 spiro atoms. The standard InChI is InChI=1S/C16H31NO/c1-3-15-14(11-12-18-15)16(17-4-2)13-9-7-5-6-8-10-13/h13-17H,3-12H2,1-2H3. The van der Waals surface area contributed by atoms with E-state index in [0.29, 0.717) is 12.1 Å². The van der Waals surface area contributed by atoms with Gasteiger partial charge in [0.25, 0.3) is 0 Å². The molecule has 2 rings (SSSR count). The molecule has 1 saturated heterocycles. The Hall–Kier alpha value is -0.0800. The second-order valence-electron chi connectivity index (χ2n) is 6.11. The average Bonchev–Trinajstić information content (AvgIpc) is 2.69. The molecular weight excluding hydrogens is 222 g/mol. The molecule has 0 amide bonds. The highest BCUT2D eigenvalue weighted by atomic mass is 16.5. The van der Waals surface area contributed by atoms with Gasteiger partial charge in [0.05, 0.1) is 6.10 Å². The van der Waals surface area contributed by atoms with E-state index in [-0.39, 0.29) is 0 Å². The van der Waals surface area contributed by atoms with Crippen LogP contribution in [-0.2, 0) is 4.74 Å². The van der Waals surface area contributed by atoms with Crippen molar-refractivity contribution in [2.24, 2.45) is 11.8 Å². The van der Waals surface area contributed by atoms with Crippen molar-refractivity contribution in [2.45, 2.75) is 77.4 Å². The van der Waals surface area contributed by atoms with E-state index < -0.39 is 0 Å². The number of hydrogen-bond acceptors (Lipinski definition) is 2. The molecule has 1 heterocycles. The van der Waals surface area contributed by atoms with E-state index in [1.165, 1.54) is 51.4 Å². The molecule has 1 aliphatic carbocycles. The summed E-state index contributed by atoms with van der Waals surface area (Å²) in [5, 5.41) is 3.81. The minimum absolute atomic E-state index is 0.511. The van der Waals surface area contributed by atoms with Crippen molar-refractivity contribution in [1.82, 2.24) is 5.32 Å². The van der Waals surface area contributed by atoms with Gasteiger partial charge >= 0.3 is 0 Å². The zero-order valence-corrected chi connectivity index (χ0v) is 12.3. The molecule has 3 unspecified atom stereocenters. The first-order chi connectivity index (χ1) is 8.86. The van der Waals surface area contributed by atoms with E-state index in [4.69, 9.17) is 4.74 Å². The van der Waals surface area contributed by atoms with Crippen LogP contribution in [0.3, 0.4) is 0 Å². The molecule has 0 radical (unpaired) electrons. The van der Waals surface area contributed by atoms with E-state index in [2.05, 4.69) is 19.2 Å². The van der Waals surface area contributed by atoms with Crippen LogP contribution < -0.4 is 5.32 Å². The zero-order valence-electron chi connectivity index (χ0n) is 12.3. The molecule has 106 valence electrons. The monoisotopic (exact) mass is 253 g/mol. The molecule has 1 saturated carbocycles. The molecule has 18 heavy (non-hydrogen) atoms. The van der Waals surface area contributed by atoms with Crippen LogP contribution in [0.5, 0.6) is 0 Å². The lowest BCUT2D eigenvalue weighted by atomic mass is 9.79. The first kappa shape index (κ1) is 14.3. The minimum Gasteiger partial charge on any atom is -0.378 e. The van der Waals surface area contributed by atoms with Crippen molar-refractivity contribution in [3.63, 3.8) is 0 Å². The summed E-state index contributed by atoms with van der Waals surface area (Å²) in [6.45, 7) is 6.62. The Kier molecular flexibility index (Phi) is 5.97. The average molecular weight is 253 g/mol. The molecular formula is C16H31NO. The largest absolute Gasteiger partial charge is 0.378 e. The van der Waals surface area contributed by atoms with E-state index >= 15 is 0 Å². The molecule has 2 heteroatoms. The SMILES string of the molecule is CCNC(C1CCCCCC1)C1CCOC1CC. The highest BCUT2D eigenvalue weighted by Gasteiger charge is 2.37. The molecule has 0 aromatic rings. The molecule has 2 nitrogen and oxygen atoms in total. The van der Waals surface area contributed by atoms with Crippen LogP contribution in [0.1, 0.15) is 65.2 Å². The number of nitrogens with one attached hydrogen (secondary N) is 1. The van der Waals surface area contributed by atoms with Crippen LogP contribution >= 0.6 is 0 Å². The van der Waals surface area contributed by atoms with Crippen LogP contribution in [0.15, 0.2) is 0 Å². The molecule has 0 aromatic heterocycles. The summed E-state index contributed by atoms with van der Waals surface area (Å²) in [4.78, 5) is 0. The topological polar surface area (TPSA) is 21.3 Å². The predicted octanol–water partition coefficient (Wildman–Crippen LogP) is 3.75. The van der Waals surface area contributed by atoms with Gasteiger partial charge in [0.2, 0.25) is 0 Å². The maximum atomic E-state index is 5.92. The van der Waals surface area contributed by atoms with Crippen molar-refractivity contribution < 1.29 is 4.74 Å². The summed E-state index contributed by atoms with van der Waals surface area (Å²) in [6.07, 6.45) is 11.6. The maximum absolute atomic E-state index is 5.92. The minimum atomic E-state index is 0.511. The molecule has 0 bridgehead atoms. The van der Waals surface area contributed by atoms with Gasteiger partial charge in [0, 0.05) is 18.6 Å². The van der Waals surface area contributed by atoms with Gasteiger partial charge in [-0.1, -0.05) is 39.5 Å². The van der Waals surface area contributed by atoms with Crippen LogP contribution in [0.2, 0.25) is 0 Å². The quantitative estimate of drug-likeness (QED) is 0.753. The highest BCUT2D eigenvalue weighted by molar-refractivity contribution is 4.90. The van der Waals surface area contributed by atoms with Gasteiger partial charge in [0.1, 0.15) is 0 Å². The van der Waals surface area contributed by atoms with Gasteiger partial charge in [-0.2, -0.15) is 0 Å². The van der Waals surface area contributed by atoms with E-state index in [0.717, 1.165) is 25.0 Å². The summed E-state index contributed by atoms with van der Waals surface area (Å²) >= 11 is 0. The second-order valence-corrected chi connectivity index (χ2v) is 6.11. The fourth-order valence-corrected chi connectivity index (χ4v) is 4.07. The Balaban J connectivity index is 2.00. The molecule has 0 aromatic carbocycles. The second kappa shape index (κ2) is 7.49. The van der Waals surface area contributed by atoms with Gasteiger partial charge in [-0.3, -0.25) is 0 Å². The molecule has 2 aliphatic rings. The zero-order chi connectivity index (χ0) is 12.8. The first-order valence-electron chi connectivity index (χ1n) is 8.21. The molecule has 1 N–H and O–H groups in total. The van der Waals surface area contributed by atoms with Crippen molar-refractivity contribution >= 4 is 0 Å². The van der Waals surface area contributed by atoms with Crippen molar-refractivity contribution in [3.05, 3.63) is 0 Å². The Morgan fingerprint density at radius 1 is 1.06 bits per heavy atom. The maximum Gasteiger partial charge on any atom is 0.0616 e. The summed E-state index contributed by atoms with van der Waals surface area (Å²) in [5.41, 5.74) is 0. The van der Waals surface area contributed by atoms with Crippen molar-refractivity contribution in [3.8, 4) is 0 Å². The summed E-state index contributed by atoms with van der Waals surface area (Å²) in [7, 11) is 0. The Morgan fingerprint density at radius 2 is 1.78 bits per heavy atom. The van der Waals surface area contributed by atoms with Gasteiger partial charge in [0.15, 0.2) is 0 Å². The molecule has 3 atom stereocenters. The van der Waals surface area contributed by atoms with Crippen molar-refractivity contribution in [2.75, 3.05) is 13.2 Å². The van der Waals surface area contributed by atoms with Gasteiger partial charge in [-0.25, -0.2) is 0 Å². The predicted molar refractivity (Wildman–Crippen MR) is 76.8 cm³/mol. The lowest BCUT2D eigenvalue weighted by Crippen LogP contribution is -2.45. The van der Waals surface area contributed by atoms with Crippen LogP contribution in [0.25, 0.3) is 0 Å². The van der Waals surface area contributed by atoms with Crippen LogP contribution in [0, 0.1) is 11.8 Å². The van der Waals surface area contributed by atoms with E-state index in [1.807, 2.05) is 0 Å². The third kappa shape index (κ3) is 3.48. The van der Waals surface area contributed by atoms with Gasteiger partial charge in [-0.15, -0.1) is 0 Å². The third-order valence-corrected chi connectivity index (χ3v) is 4.97. The highest BCUT2D eigenvalue weighted by Crippen LogP contribution is 2.35. The van der Waals surface area contributed by atoms with E-state index in [9.17, 15) is 0 Å². The van der Waals surface area contributed by atoms with E-state index in [1.54, 1.807) is 0 Å². The Morgan fingerprint density at radius 3 is 2.39 bits per heavy atom. The fourth-order valence-electron chi connectivity index (χ4n) is 4.07. The summed E-state index contributed by atoms with van der Waals surface area (Å²) < 4.78 is 5.92. The number of hydrogen-bond donors (Lipinski definition) is 1. The smallest absolute Gasteiger partial charge is 0.0616 e. The van der Waals surface area contributed by atoms with Gasteiger partial charge < -0.3 is 10.1 Å². The fraction of sp³-hybridized carbons (Fsp3) is 1.00. The lowest BCUT2D eigenvalue weighted by Gasteiger charge is -2.34. The normalized spacial score (nSPS) is 32.3. The lowest BCUT2D eigenvalue weighted by molar-refractivity contribution is 0.0677. The molecule has 2 fully saturated rings. The summed E-state index contributed by atoms with van der Waals surface area (Å²) in [6, 6.07) is 0.709. The third-order valence-electron chi connectivity index (χ3n) is 4.97. The van der Waals surface area contributed by atoms with Crippen LogP contribution in [-0.4, -0.2) is 25.3 Å².